The van der Waals surface area contributed by atoms with E-state index in [2.05, 4.69) is 9.88 Å². The number of nitrogens with zero attached hydrogens (tertiary/aromatic N) is 2. The normalized spacial score (nSPS) is 21.5. The summed E-state index contributed by atoms with van der Waals surface area (Å²) in [6.07, 6.45) is 3.88. The summed E-state index contributed by atoms with van der Waals surface area (Å²) in [4.78, 5) is 6.83. The van der Waals surface area contributed by atoms with Crippen molar-refractivity contribution in [2.24, 2.45) is 5.73 Å². The second-order valence-electron chi connectivity index (χ2n) is 5.89. The molecule has 2 aromatic rings. The van der Waals surface area contributed by atoms with Gasteiger partial charge < -0.3 is 14.9 Å². The Morgan fingerprint density at radius 3 is 2.79 bits per heavy atom. The fourth-order valence-electron chi connectivity index (χ4n) is 3.04. The van der Waals surface area contributed by atoms with Crippen LogP contribution in [0.15, 0.2) is 34.9 Å². The molecule has 5 nitrogen and oxygen atoms in total. The molecule has 0 aliphatic carbocycles. The number of ether oxygens (including phenoxy) is 1. The Morgan fingerprint density at radius 1 is 1.38 bits per heavy atom. The Bertz CT molecular complexity index is 635. The molecule has 2 atom stereocenters. The van der Waals surface area contributed by atoms with Crippen LogP contribution in [0.4, 0.5) is 4.39 Å². The zero-order valence-corrected chi connectivity index (χ0v) is 14.5. The predicted octanol–water partition coefficient (Wildman–Crippen LogP) is 2.84. The first kappa shape index (κ1) is 18.9. The first-order valence-electron chi connectivity index (χ1n) is 7.87. The quantitative estimate of drug-likeness (QED) is 0.893. The van der Waals surface area contributed by atoms with Crippen molar-refractivity contribution in [1.29, 1.82) is 0 Å². The van der Waals surface area contributed by atoms with Crippen LogP contribution in [0.1, 0.15) is 18.5 Å². The van der Waals surface area contributed by atoms with Crippen LogP contribution in [0.2, 0.25) is 0 Å². The van der Waals surface area contributed by atoms with Gasteiger partial charge in [0.1, 0.15) is 12.1 Å². The molecule has 0 bridgehead atoms. The summed E-state index contributed by atoms with van der Waals surface area (Å²) in [6, 6.07) is 6.42. The van der Waals surface area contributed by atoms with Crippen LogP contribution in [0.5, 0.6) is 0 Å². The maximum absolute atomic E-state index is 13.0. The number of rotatable bonds is 5. The van der Waals surface area contributed by atoms with Gasteiger partial charge in [-0.15, -0.1) is 12.4 Å². The Hall–Kier alpha value is -1.47. The zero-order valence-electron chi connectivity index (χ0n) is 13.7. The maximum Gasteiger partial charge on any atom is 0.226 e. The van der Waals surface area contributed by atoms with Gasteiger partial charge in [0.25, 0.3) is 0 Å². The molecule has 0 amide bonds. The van der Waals surface area contributed by atoms with Crippen molar-refractivity contribution in [3.05, 3.63) is 42.0 Å². The van der Waals surface area contributed by atoms with Crippen LogP contribution < -0.4 is 5.73 Å². The highest BCUT2D eigenvalue weighted by Crippen LogP contribution is 2.23. The van der Waals surface area contributed by atoms with E-state index in [0.717, 1.165) is 30.6 Å². The van der Waals surface area contributed by atoms with Crippen LogP contribution >= 0.6 is 12.4 Å². The predicted molar refractivity (Wildman–Crippen MR) is 92.4 cm³/mol. The number of methoxy groups -OCH3 is 1. The molecule has 2 N–H and O–H groups in total. The second-order valence-corrected chi connectivity index (χ2v) is 5.89. The number of benzene rings is 1. The SMILES string of the molecule is COC1CCN(Cc2coc(-c3ccc(F)cc3)n2)C(CN)C1.Cl. The topological polar surface area (TPSA) is 64.5 Å². The Morgan fingerprint density at radius 2 is 2.12 bits per heavy atom. The van der Waals surface area contributed by atoms with Gasteiger partial charge in [0.05, 0.1) is 11.8 Å². The van der Waals surface area contributed by atoms with Gasteiger partial charge in [-0.25, -0.2) is 9.37 Å². The average Bonchev–Trinajstić information content (AvgIpc) is 3.04. The molecule has 0 saturated carbocycles. The molecular weight excluding hydrogens is 333 g/mol. The molecule has 132 valence electrons. The fourth-order valence-corrected chi connectivity index (χ4v) is 3.04. The standard InChI is InChI=1S/C17H22FN3O2.ClH/c1-22-16-6-7-21(15(8-16)9-19)10-14-11-23-17(20-14)12-2-4-13(18)5-3-12;/h2-5,11,15-16H,6-10,19H2,1H3;1H. The highest BCUT2D eigenvalue weighted by atomic mass is 35.5. The van der Waals surface area contributed by atoms with E-state index in [1.54, 1.807) is 25.5 Å². The van der Waals surface area contributed by atoms with E-state index < -0.39 is 0 Å². The third-order valence-corrected chi connectivity index (χ3v) is 4.40. The fraction of sp³-hybridized carbons (Fsp3) is 0.471. The summed E-state index contributed by atoms with van der Waals surface area (Å²) in [5, 5.41) is 0. The van der Waals surface area contributed by atoms with Crippen LogP contribution in [0, 0.1) is 5.82 Å². The number of halogens is 2. The third-order valence-electron chi connectivity index (χ3n) is 4.40. The molecule has 0 spiro atoms. The van der Waals surface area contributed by atoms with E-state index in [0.29, 0.717) is 25.0 Å². The summed E-state index contributed by atoms with van der Waals surface area (Å²) in [7, 11) is 1.75. The van der Waals surface area contributed by atoms with E-state index >= 15 is 0 Å². The molecular formula is C17H23ClFN3O2. The highest BCUT2D eigenvalue weighted by molar-refractivity contribution is 5.85. The smallest absolute Gasteiger partial charge is 0.226 e. The lowest BCUT2D eigenvalue weighted by atomic mass is 9.99. The van der Waals surface area contributed by atoms with Crippen molar-refractivity contribution >= 4 is 12.4 Å². The molecule has 2 unspecified atom stereocenters. The van der Waals surface area contributed by atoms with Gasteiger partial charge in [-0.1, -0.05) is 0 Å². The third kappa shape index (κ3) is 4.33. The van der Waals surface area contributed by atoms with Crippen LogP contribution in [-0.2, 0) is 11.3 Å². The van der Waals surface area contributed by atoms with Crippen LogP contribution in [-0.4, -0.2) is 42.2 Å². The second kappa shape index (κ2) is 8.58. The zero-order chi connectivity index (χ0) is 16.2. The minimum atomic E-state index is -0.271. The lowest BCUT2D eigenvalue weighted by Gasteiger charge is -2.37. The molecule has 1 aliphatic heterocycles. The van der Waals surface area contributed by atoms with Crippen molar-refractivity contribution in [3.8, 4) is 11.5 Å². The monoisotopic (exact) mass is 355 g/mol. The van der Waals surface area contributed by atoms with Crippen molar-refractivity contribution < 1.29 is 13.5 Å². The van der Waals surface area contributed by atoms with E-state index in [4.69, 9.17) is 14.9 Å². The van der Waals surface area contributed by atoms with E-state index in [1.807, 2.05) is 0 Å². The molecule has 0 radical (unpaired) electrons. The molecule has 1 aliphatic rings. The average molecular weight is 356 g/mol. The van der Waals surface area contributed by atoms with E-state index in [-0.39, 0.29) is 24.3 Å². The molecule has 1 aromatic heterocycles. The first-order chi connectivity index (χ1) is 11.2. The Balaban J connectivity index is 0.00000208. The van der Waals surface area contributed by atoms with Gasteiger partial charge in [-0.3, -0.25) is 4.90 Å². The first-order valence-corrected chi connectivity index (χ1v) is 7.87. The van der Waals surface area contributed by atoms with E-state index in [1.165, 1.54) is 12.1 Å². The summed E-state index contributed by atoms with van der Waals surface area (Å²) in [6.45, 7) is 2.23. The summed E-state index contributed by atoms with van der Waals surface area (Å²) >= 11 is 0. The maximum atomic E-state index is 13.0. The van der Waals surface area contributed by atoms with Crippen molar-refractivity contribution in [3.63, 3.8) is 0 Å². The number of likely N-dealkylation sites (tertiary alicyclic amines) is 1. The molecule has 1 fully saturated rings. The van der Waals surface area contributed by atoms with Gasteiger partial charge in [-0.05, 0) is 37.1 Å². The molecule has 1 saturated heterocycles. The van der Waals surface area contributed by atoms with Crippen LogP contribution in [0.3, 0.4) is 0 Å². The molecule has 2 heterocycles. The summed E-state index contributed by atoms with van der Waals surface area (Å²) in [5.41, 5.74) is 7.53. The number of nitrogens with two attached hydrogens (primary N) is 1. The molecule has 1 aromatic carbocycles. The van der Waals surface area contributed by atoms with Gasteiger partial charge in [0.2, 0.25) is 5.89 Å². The van der Waals surface area contributed by atoms with Crippen molar-refractivity contribution in [2.75, 3.05) is 20.2 Å². The molecule has 3 rings (SSSR count). The van der Waals surface area contributed by atoms with Gasteiger partial charge >= 0.3 is 0 Å². The number of hydrogen-bond donors (Lipinski definition) is 1. The summed E-state index contributed by atoms with van der Waals surface area (Å²) < 4.78 is 24.0. The lowest BCUT2D eigenvalue weighted by molar-refractivity contribution is 0.00978. The van der Waals surface area contributed by atoms with Gasteiger partial charge in [0.15, 0.2) is 0 Å². The van der Waals surface area contributed by atoms with Crippen LogP contribution in [0.25, 0.3) is 11.5 Å². The van der Waals surface area contributed by atoms with E-state index in [9.17, 15) is 4.39 Å². The number of hydrogen-bond acceptors (Lipinski definition) is 5. The molecule has 24 heavy (non-hydrogen) atoms. The largest absolute Gasteiger partial charge is 0.444 e. The van der Waals surface area contributed by atoms with Crippen molar-refractivity contribution in [1.82, 2.24) is 9.88 Å². The number of piperidine rings is 1. The van der Waals surface area contributed by atoms with Crippen molar-refractivity contribution in [2.45, 2.75) is 31.5 Å². The minimum Gasteiger partial charge on any atom is -0.444 e. The van der Waals surface area contributed by atoms with Gasteiger partial charge in [-0.2, -0.15) is 0 Å². The summed E-state index contributed by atoms with van der Waals surface area (Å²) in [5.74, 6) is 0.239. The lowest BCUT2D eigenvalue weighted by Crippen LogP contribution is -2.48. The Kier molecular flexibility index (Phi) is 6.74. The van der Waals surface area contributed by atoms with Gasteiger partial charge in [0, 0.05) is 38.3 Å². The Labute approximate surface area is 147 Å². The number of aromatic nitrogens is 1. The highest BCUT2D eigenvalue weighted by Gasteiger charge is 2.28. The molecule has 7 heteroatoms. The minimum absolute atomic E-state index is 0. The number of oxazole rings is 1.